The number of carbonyl (C=O) groups excluding carboxylic acids is 3. The van der Waals surface area contributed by atoms with Crippen molar-refractivity contribution < 1.29 is 19.1 Å². The van der Waals surface area contributed by atoms with Crippen molar-refractivity contribution in [2.24, 2.45) is 0 Å². The number of thiazole rings is 1. The highest BCUT2D eigenvalue weighted by Gasteiger charge is 2.25. The van der Waals surface area contributed by atoms with Crippen molar-refractivity contribution in [3.05, 3.63) is 83.9 Å². The first kappa shape index (κ1) is 25.2. The lowest BCUT2D eigenvalue weighted by Crippen LogP contribution is -2.51. The average Bonchev–Trinajstić information content (AvgIpc) is 3.36. The maximum atomic E-state index is 13.0. The maximum Gasteiger partial charge on any atom is 0.322 e. The number of hydrogen-bond acceptors (Lipinski definition) is 6. The van der Waals surface area contributed by atoms with Crippen LogP contribution >= 0.6 is 11.3 Å². The van der Waals surface area contributed by atoms with Gasteiger partial charge in [-0.15, -0.1) is 0 Å². The van der Waals surface area contributed by atoms with Gasteiger partial charge in [0.1, 0.15) is 5.75 Å². The molecule has 1 fully saturated rings. The molecule has 38 heavy (non-hydrogen) atoms. The standard InChI is InChI=1S/C28H27N5O4S/c1-2-37-23-9-5-3-7-21(23)30-28(36)33-17-15-32(16-18-33)26(35)20-13-11-19(12-14-20)25(34)31-27-29-22-8-4-6-10-24(22)38-27/h3-14H,2,15-18H2,1H3,(H,30,36)(H,29,31,34). The van der Waals surface area contributed by atoms with Gasteiger partial charge in [0.05, 0.1) is 22.5 Å². The predicted molar refractivity (Wildman–Crippen MR) is 148 cm³/mol. The first-order chi connectivity index (χ1) is 18.5. The average molecular weight is 530 g/mol. The van der Waals surface area contributed by atoms with Gasteiger partial charge in [0.15, 0.2) is 5.13 Å². The quantitative estimate of drug-likeness (QED) is 0.368. The molecule has 5 rings (SSSR count). The molecule has 0 atom stereocenters. The summed E-state index contributed by atoms with van der Waals surface area (Å²) in [5, 5.41) is 6.25. The second-order valence-electron chi connectivity index (χ2n) is 8.66. The van der Waals surface area contributed by atoms with E-state index in [2.05, 4.69) is 15.6 Å². The van der Waals surface area contributed by atoms with Crippen molar-refractivity contribution in [1.29, 1.82) is 0 Å². The van der Waals surface area contributed by atoms with Gasteiger partial charge in [-0.1, -0.05) is 35.6 Å². The number of nitrogens with zero attached hydrogens (tertiary/aromatic N) is 3. The van der Waals surface area contributed by atoms with Crippen molar-refractivity contribution in [3.63, 3.8) is 0 Å². The third kappa shape index (κ3) is 5.60. The van der Waals surface area contributed by atoms with Crippen molar-refractivity contribution in [1.82, 2.24) is 14.8 Å². The fourth-order valence-electron chi connectivity index (χ4n) is 4.20. The molecule has 0 saturated carbocycles. The molecular weight excluding hydrogens is 502 g/mol. The van der Waals surface area contributed by atoms with Crippen LogP contribution in [0.25, 0.3) is 10.2 Å². The molecule has 1 aliphatic rings. The Morgan fingerprint density at radius 1 is 0.842 bits per heavy atom. The van der Waals surface area contributed by atoms with Crippen molar-refractivity contribution >= 4 is 50.2 Å². The van der Waals surface area contributed by atoms with E-state index < -0.39 is 0 Å². The normalized spacial score (nSPS) is 13.3. The molecule has 0 aliphatic carbocycles. The van der Waals surface area contributed by atoms with Gasteiger partial charge in [0.25, 0.3) is 11.8 Å². The minimum absolute atomic E-state index is 0.134. The number of anilines is 2. The molecule has 194 valence electrons. The van der Waals surface area contributed by atoms with Crippen LogP contribution in [-0.4, -0.2) is 65.4 Å². The first-order valence-corrected chi connectivity index (χ1v) is 13.2. The first-order valence-electron chi connectivity index (χ1n) is 12.4. The molecular formula is C28H27N5O4S. The highest BCUT2D eigenvalue weighted by atomic mass is 32.1. The lowest BCUT2D eigenvalue weighted by atomic mass is 10.1. The number of carbonyl (C=O) groups is 3. The van der Waals surface area contributed by atoms with E-state index in [1.54, 1.807) is 40.1 Å². The molecule has 4 aromatic rings. The zero-order chi connectivity index (χ0) is 26.5. The van der Waals surface area contributed by atoms with Gasteiger partial charge < -0.3 is 19.9 Å². The van der Waals surface area contributed by atoms with Crippen LogP contribution in [0.2, 0.25) is 0 Å². The molecule has 3 aromatic carbocycles. The highest BCUT2D eigenvalue weighted by Crippen LogP contribution is 2.26. The van der Waals surface area contributed by atoms with Crippen molar-refractivity contribution in [2.45, 2.75) is 6.92 Å². The monoisotopic (exact) mass is 529 g/mol. The van der Waals surface area contributed by atoms with Crippen LogP contribution in [0, 0.1) is 0 Å². The summed E-state index contributed by atoms with van der Waals surface area (Å²) < 4.78 is 6.57. The van der Waals surface area contributed by atoms with E-state index >= 15 is 0 Å². The number of hydrogen-bond donors (Lipinski definition) is 2. The largest absolute Gasteiger partial charge is 0.492 e. The van der Waals surface area contributed by atoms with Crippen LogP contribution in [-0.2, 0) is 0 Å². The Balaban J connectivity index is 1.14. The van der Waals surface area contributed by atoms with Gasteiger partial charge in [-0.3, -0.25) is 14.9 Å². The molecule has 1 saturated heterocycles. The van der Waals surface area contributed by atoms with Gasteiger partial charge >= 0.3 is 6.03 Å². The van der Waals surface area contributed by atoms with Crippen molar-refractivity contribution in [3.8, 4) is 5.75 Å². The molecule has 0 radical (unpaired) electrons. The van der Waals surface area contributed by atoms with E-state index in [0.29, 0.717) is 60.5 Å². The fourth-order valence-corrected chi connectivity index (χ4v) is 5.06. The maximum absolute atomic E-state index is 13.0. The van der Waals surface area contributed by atoms with Crippen LogP contribution < -0.4 is 15.4 Å². The van der Waals surface area contributed by atoms with E-state index in [4.69, 9.17) is 4.74 Å². The van der Waals surface area contributed by atoms with Crippen LogP contribution in [0.3, 0.4) is 0 Å². The zero-order valence-corrected chi connectivity index (χ0v) is 21.7. The number of amides is 4. The summed E-state index contributed by atoms with van der Waals surface area (Å²) in [6, 6.07) is 21.3. The number of aromatic nitrogens is 1. The topological polar surface area (TPSA) is 104 Å². The van der Waals surface area contributed by atoms with Gasteiger partial charge in [0.2, 0.25) is 0 Å². The Labute approximate surface area is 224 Å². The Kier molecular flexibility index (Phi) is 7.50. The fraction of sp³-hybridized carbons (Fsp3) is 0.214. The number of urea groups is 1. The second-order valence-corrected chi connectivity index (χ2v) is 9.69. The summed E-state index contributed by atoms with van der Waals surface area (Å²) in [5.41, 5.74) is 2.38. The summed E-state index contributed by atoms with van der Waals surface area (Å²) in [4.78, 5) is 46.3. The molecule has 9 nitrogen and oxygen atoms in total. The Hall–Kier alpha value is -4.44. The van der Waals surface area contributed by atoms with Gasteiger partial charge in [-0.05, 0) is 55.5 Å². The minimum atomic E-state index is -0.284. The summed E-state index contributed by atoms with van der Waals surface area (Å²) in [5.74, 6) is 0.202. The van der Waals surface area contributed by atoms with E-state index in [1.807, 2.05) is 49.4 Å². The number of piperazine rings is 1. The van der Waals surface area contributed by atoms with Crippen molar-refractivity contribution in [2.75, 3.05) is 43.4 Å². The van der Waals surface area contributed by atoms with E-state index in [1.165, 1.54) is 11.3 Å². The highest BCUT2D eigenvalue weighted by molar-refractivity contribution is 7.22. The predicted octanol–water partition coefficient (Wildman–Crippen LogP) is 4.94. The molecule has 2 N–H and O–H groups in total. The lowest BCUT2D eigenvalue weighted by Gasteiger charge is -2.34. The number of para-hydroxylation sites is 3. The lowest BCUT2D eigenvalue weighted by molar-refractivity contribution is 0.0671. The smallest absolute Gasteiger partial charge is 0.322 e. The Morgan fingerprint density at radius 3 is 2.24 bits per heavy atom. The van der Waals surface area contributed by atoms with E-state index in [9.17, 15) is 14.4 Å². The van der Waals surface area contributed by atoms with Gasteiger partial charge in [0, 0.05) is 37.3 Å². The molecule has 2 heterocycles. The molecule has 1 aromatic heterocycles. The molecule has 10 heteroatoms. The molecule has 0 spiro atoms. The minimum Gasteiger partial charge on any atom is -0.492 e. The summed E-state index contributed by atoms with van der Waals surface area (Å²) in [6.45, 7) is 4.05. The van der Waals surface area contributed by atoms with Gasteiger partial charge in [-0.2, -0.15) is 0 Å². The molecule has 0 unspecified atom stereocenters. The number of rotatable bonds is 6. The molecule has 1 aliphatic heterocycles. The third-order valence-corrected chi connectivity index (χ3v) is 7.14. The zero-order valence-electron chi connectivity index (χ0n) is 20.8. The number of benzene rings is 3. The molecule has 4 amide bonds. The number of fused-ring (bicyclic) bond motifs is 1. The molecule has 0 bridgehead atoms. The SMILES string of the molecule is CCOc1ccccc1NC(=O)N1CCN(C(=O)c2ccc(C(=O)Nc3nc4ccccc4s3)cc2)CC1. The number of nitrogens with one attached hydrogen (secondary N) is 2. The Morgan fingerprint density at radius 2 is 1.50 bits per heavy atom. The second kappa shape index (κ2) is 11.3. The summed E-state index contributed by atoms with van der Waals surface area (Å²) in [6.07, 6.45) is 0. The summed E-state index contributed by atoms with van der Waals surface area (Å²) >= 11 is 1.41. The van der Waals surface area contributed by atoms with Crippen LogP contribution in [0.15, 0.2) is 72.8 Å². The van der Waals surface area contributed by atoms with Crippen LogP contribution in [0.4, 0.5) is 15.6 Å². The summed E-state index contributed by atoms with van der Waals surface area (Å²) in [7, 11) is 0. The van der Waals surface area contributed by atoms with Crippen LogP contribution in [0.1, 0.15) is 27.6 Å². The Bertz CT molecular complexity index is 1430. The third-order valence-electron chi connectivity index (χ3n) is 6.19. The number of ether oxygens (including phenoxy) is 1. The van der Waals surface area contributed by atoms with E-state index in [-0.39, 0.29) is 17.8 Å². The van der Waals surface area contributed by atoms with E-state index in [0.717, 1.165) is 10.2 Å². The van der Waals surface area contributed by atoms with Crippen LogP contribution in [0.5, 0.6) is 5.75 Å². The van der Waals surface area contributed by atoms with Gasteiger partial charge in [-0.25, -0.2) is 9.78 Å².